The highest BCUT2D eigenvalue weighted by Crippen LogP contribution is 2.22. The number of Topliss-reactive ketones (excluding diaryl/α,β-unsaturated/α-hetero) is 1. The number of benzene rings is 1. The number of carbonyl (C=O) groups is 1. The van der Waals surface area contributed by atoms with Crippen LogP contribution in [-0.2, 0) is 0 Å². The van der Waals surface area contributed by atoms with E-state index in [0.717, 1.165) is 0 Å². The predicted octanol–water partition coefficient (Wildman–Crippen LogP) is 2.88. The second kappa shape index (κ2) is 5.30. The summed E-state index contributed by atoms with van der Waals surface area (Å²) in [6, 6.07) is 4.06. The molecule has 19 heavy (non-hydrogen) atoms. The van der Waals surface area contributed by atoms with Gasteiger partial charge in [0.05, 0.1) is 18.1 Å². The smallest absolute Gasteiger partial charge is 0.168 e. The molecule has 1 atom stereocenters. The number of nitrogens with zero attached hydrogens (tertiary/aromatic N) is 3. The van der Waals surface area contributed by atoms with E-state index in [4.69, 9.17) is 0 Å². The van der Waals surface area contributed by atoms with Crippen molar-refractivity contribution in [3.8, 4) is 5.69 Å². The number of carbonyl (C=O) groups excluding carboxylic acids is 1. The van der Waals surface area contributed by atoms with Gasteiger partial charge < -0.3 is 0 Å². The molecule has 1 unspecified atom stereocenters. The van der Waals surface area contributed by atoms with Crippen LogP contribution < -0.4 is 0 Å². The van der Waals surface area contributed by atoms with E-state index in [1.165, 1.54) is 35.4 Å². The summed E-state index contributed by atoms with van der Waals surface area (Å²) in [6.45, 7) is 5.84. The third-order valence-electron chi connectivity index (χ3n) is 3.27. The van der Waals surface area contributed by atoms with E-state index < -0.39 is 5.82 Å². The molecule has 0 aliphatic rings. The molecule has 4 nitrogen and oxygen atoms in total. The van der Waals surface area contributed by atoms with Crippen LogP contribution in [0.5, 0.6) is 0 Å². The molecule has 1 aromatic heterocycles. The first-order valence-electron chi connectivity index (χ1n) is 6.21. The molecular formula is C14H16FN3O. The molecule has 0 radical (unpaired) electrons. The molecule has 0 fully saturated rings. The number of halogens is 1. The molecule has 2 aromatic rings. The van der Waals surface area contributed by atoms with Crippen LogP contribution in [0.2, 0.25) is 0 Å². The molecule has 100 valence electrons. The Morgan fingerprint density at radius 1 is 1.21 bits per heavy atom. The summed E-state index contributed by atoms with van der Waals surface area (Å²) in [5, 5.41) is 7.92. The average Bonchev–Trinajstić information content (AvgIpc) is 2.90. The first-order valence-corrected chi connectivity index (χ1v) is 6.21. The Labute approximate surface area is 111 Å². The Bertz CT molecular complexity index is 578. The Balaban J connectivity index is 2.49. The summed E-state index contributed by atoms with van der Waals surface area (Å²) in [6.07, 6.45) is 2.98. The zero-order valence-electron chi connectivity index (χ0n) is 11.2. The van der Waals surface area contributed by atoms with Gasteiger partial charge in [0.15, 0.2) is 5.78 Å². The quantitative estimate of drug-likeness (QED) is 0.795. The Morgan fingerprint density at radius 3 is 2.42 bits per heavy atom. The summed E-state index contributed by atoms with van der Waals surface area (Å²) < 4.78 is 13.4. The summed E-state index contributed by atoms with van der Waals surface area (Å²) in [5.41, 5.74) is 0.821. The Morgan fingerprint density at radius 2 is 1.84 bits per heavy atom. The lowest BCUT2D eigenvalue weighted by molar-refractivity contribution is 0.0899. The maximum absolute atomic E-state index is 13.4. The second-order valence-electron chi connectivity index (χ2n) is 4.88. The van der Waals surface area contributed by atoms with Crippen LogP contribution in [0.15, 0.2) is 30.6 Å². The molecule has 0 bridgehead atoms. The van der Waals surface area contributed by atoms with Crippen molar-refractivity contribution in [3.05, 3.63) is 42.0 Å². The van der Waals surface area contributed by atoms with Gasteiger partial charge in [-0.05, 0) is 18.1 Å². The summed E-state index contributed by atoms with van der Waals surface area (Å²) in [4.78, 5) is 13.7. The van der Waals surface area contributed by atoms with E-state index in [1.54, 1.807) is 0 Å². The van der Waals surface area contributed by atoms with Crippen LogP contribution in [0.4, 0.5) is 4.39 Å². The van der Waals surface area contributed by atoms with Crippen molar-refractivity contribution in [2.75, 3.05) is 0 Å². The van der Waals surface area contributed by atoms with Gasteiger partial charge in [0.25, 0.3) is 0 Å². The van der Waals surface area contributed by atoms with E-state index in [2.05, 4.69) is 10.2 Å². The summed E-state index contributed by atoms with van der Waals surface area (Å²) in [7, 11) is 0. The van der Waals surface area contributed by atoms with E-state index in [-0.39, 0.29) is 17.6 Å². The Kier molecular flexibility index (Phi) is 3.74. The van der Waals surface area contributed by atoms with Gasteiger partial charge in [0.1, 0.15) is 5.82 Å². The minimum atomic E-state index is -0.416. The molecule has 0 aliphatic heterocycles. The lowest BCUT2D eigenvalue weighted by Crippen LogP contribution is -2.19. The van der Waals surface area contributed by atoms with Crippen molar-refractivity contribution in [3.63, 3.8) is 0 Å². The van der Waals surface area contributed by atoms with Crippen LogP contribution in [0.25, 0.3) is 5.69 Å². The fourth-order valence-corrected chi connectivity index (χ4v) is 1.77. The molecule has 0 aliphatic carbocycles. The monoisotopic (exact) mass is 261 g/mol. The predicted molar refractivity (Wildman–Crippen MR) is 69.6 cm³/mol. The van der Waals surface area contributed by atoms with E-state index >= 15 is 0 Å². The second-order valence-corrected chi connectivity index (χ2v) is 4.88. The van der Waals surface area contributed by atoms with Crippen LogP contribution in [-0.4, -0.2) is 20.8 Å². The fraction of sp³-hybridized carbons (Fsp3) is 0.357. The largest absolute Gasteiger partial charge is 0.294 e. The van der Waals surface area contributed by atoms with Gasteiger partial charge in [-0.1, -0.05) is 20.8 Å². The van der Waals surface area contributed by atoms with E-state index in [1.807, 2.05) is 20.8 Å². The van der Waals surface area contributed by atoms with Crippen molar-refractivity contribution in [2.45, 2.75) is 20.8 Å². The number of aromatic nitrogens is 3. The summed E-state index contributed by atoms with van der Waals surface area (Å²) >= 11 is 0. The van der Waals surface area contributed by atoms with E-state index in [0.29, 0.717) is 11.3 Å². The Hall–Kier alpha value is -2.04. The average molecular weight is 261 g/mol. The maximum Gasteiger partial charge on any atom is 0.168 e. The molecule has 5 heteroatoms. The third kappa shape index (κ3) is 2.70. The molecule has 0 spiro atoms. The normalized spacial score (nSPS) is 12.7. The lowest BCUT2D eigenvalue weighted by atomic mass is 9.89. The first kappa shape index (κ1) is 13.4. The van der Waals surface area contributed by atoms with Crippen molar-refractivity contribution in [1.82, 2.24) is 15.0 Å². The molecule has 0 N–H and O–H groups in total. The van der Waals surface area contributed by atoms with Crippen LogP contribution in [0.1, 0.15) is 31.1 Å². The molecule has 1 aromatic carbocycles. The van der Waals surface area contributed by atoms with Crippen LogP contribution in [0.3, 0.4) is 0 Å². The van der Waals surface area contributed by atoms with Gasteiger partial charge in [-0.15, -0.1) is 0 Å². The highest BCUT2D eigenvalue weighted by molar-refractivity contribution is 6.00. The SMILES string of the molecule is CC(C)C(C)C(=O)c1ccc(F)cc1-n1nccn1. The number of ketones is 1. The highest BCUT2D eigenvalue weighted by atomic mass is 19.1. The molecule has 0 amide bonds. The van der Waals surface area contributed by atoms with Gasteiger partial charge in [-0.25, -0.2) is 4.39 Å². The zero-order valence-corrected chi connectivity index (χ0v) is 11.2. The van der Waals surface area contributed by atoms with Gasteiger partial charge in [0, 0.05) is 17.5 Å². The number of hydrogen-bond donors (Lipinski definition) is 0. The zero-order chi connectivity index (χ0) is 14.0. The van der Waals surface area contributed by atoms with Crippen molar-refractivity contribution in [2.24, 2.45) is 11.8 Å². The minimum absolute atomic E-state index is 0.0256. The molecular weight excluding hydrogens is 245 g/mol. The summed E-state index contributed by atoms with van der Waals surface area (Å²) in [5.74, 6) is -0.362. The lowest BCUT2D eigenvalue weighted by Gasteiger charge is -2.16. The first-order chi connectivity index (χ1) is 9.00. The highest BCUT2D eigenvalue weighted by Gasteiger charge is 2.22. The van der Waals surface area contributed by atoms with Gasteiger partial charge >= 0.3 is 0 Å². The topological polar surface area (TPSA) is 47.8 Å². The van der Waals surface area contributed by atoms with Crippen molar-refractivity contribution >= 4 is 5.78 Å². The van der Waals surface area contributed by atoms with Gasteiger partial charge in [-0.2, -0.15) is 15.0 Å². The van der Waals surface area contributed by atoms with E-state index in [9.17, 15) is 9.18 Å². The molecule has 1 heterocycles. The standard InChI is InChI=1S/C14H16FN3O/c1-9(2)10(3)14(19)12-5-4-11(15)8-13(12)18-16-6-7-17-18/h4-10H,1-3H3. The molecule has 0 saturated heterocycles. The van der Waals surface area contributed by atoms with Gasteiger partial charge in [-0.3, -0.25) is 4.79 Å². The third-order valence-corrected chi connectivity index (χ3v) is 3.27. The van der Waals surface area contributed by atoms with Gasteiger partial charge in [0.2, 0.25) is 0 Å². The van der Waals surface area contributed by atoms with Crippen molar-refractivity contribution < 1.29 is 9.18 Å². The fourth-order valence-electron chi connectivity index (χ4n) is 1.77. The number of hydrogen-bond acceptors (Lipinski definition) is 3. The molecule has 0 saturated carbocycles. The van der Waals surface area contributed by atoms with Crippen LogP contribution in [0, 0.1) is 17.7 Å². The van der Waals surface area contributed by atoms with Crippen LogP contribution >= 0.6 is 0 Å². The van der Waals surface area contributed by atoms with Crippen molar-refractivity contribution in [1.29, 1.82) is 0 Å². The minimum Gasteiger partial charge on any atom is -0.294 e. The maximum atomic E-state index is 13.4. The number of rotatable bonds is 4. The molecule has 2 rings (SSSR count).